The van der Waals surface area contributed by atoms with Gasteiger partial charge in [-0.15, -0.1) is 12.4 Å². The Labute approximate surface area is 148 Å². The summed E-state index contributed by atoms with van der Waals surface area (Å²) in [4.78, 5) is 6.72. The van der Waals surface area contributed by atoms with Crippen LogP contribution in [-0.4, -0.2) is 34.8 Å². The van der Waals surface area contributed by atoms with Crippen LogP contribution < -0.4 is 5.73 Å². The molecule has 0 amide bonds. The van der Waals surface area contributed by atoms with Crippen LogP contribution in [0.5, 0.6) is 0 Å². The zero-order valence-corrected chi connectivity index (χ0v) is 14.6. The molecule has 1 saturated heterocycles. The van der Waals surface area contributed by atoms with E-state index < -0.39 is 0 Å². The van der Waals surface area contributed by atoms with Gasteiger partial charge < -0.3 is 15.0 Å². The highest BCUT2D eigenvalue weighted by Crippen LogP contribution is 2.19. The Hall–Kier alpha value is -1.47. The van der Waals surface area contributed by atoms with E-state index in [2.05, 4.69) is 39.3 Å². The number of nitrogens with two attached hydrogens (primary N) is 1. The molecule has 0 unspecified atom stereocenters. The van der Waals surface area contributed by atoms with Crippen LogP contribution in [0.15, 0.2) is 34.9 Å². The van der Waals surface area contributed by atoms with Crippen molar-refractivity contribution in [3.8, 4) is 0 Å². The fraction of sp³-hybridized carbons (Fsp3) is 0.529. The molecule has 0 spiro atoms. The van der Waals surface area contributed by atoms with Gasteiger partial charge in [0.25, 0.3) is 0 Å². The molecule has 0 aliphatic carbocycles. The fourth-order valence-electron chi connectivity index (χ4n) is 2.96. The molecule has 2 aromatic rings. The van der Waals surface area contributed by atoms with Crippen molar-refractivity contribution in [1.82, 2.24) is 15.0 Å². The molecule has 6 nitrogen and oxygen atoms in total. The summed E-state index contributed by atoms with van der Waals surface area (Å²) >= 11 is 0. The smallest absolute Gasteiger partial charge is 0.240 e. The number of hydrogen-bond donors (Lipinski definition) is 1. The molecule has 3 rings (SSSR count). The average molecular weight is 353 g/mol. The molecule has 132 valence electrons. The normalized spacial score (nSPS) is 15.4. The lowest BCUT2D eigenvalue weighted by atomic mass is 9.99. The zero-order valence-electron chi connectivity index (χ0n) is 13.8. The van der Waals surface area contributed by atoms with Crippen molar-refractivity contribution in [3.63, 3.8) is 0 Å². The van der Waals surface area contributed by atoms with Gasteiger partial charge in [0.1, 0.15) is 0 Å². The third-order valence-electron chi connectivity index (χ3n) is 4.16. The second kappa shape index (κ2) is 9.74. The first kappa shape index (κ1) is 18.9. The van der Waals surface area contributed by atoms with E-state index in [1.807, 2.05) is 6.07 Å². The number of benzene rings is 1. The minimum Gasteiger partial charge on any atom is -0.381 e. The number of nitrogens with zero attached hydrogens (tertiary/aromatic N) is 3. The molecule has 1 aliphatic heterocycles. The first-order chi connectivity index (χ1) is 11.3. The molecule has 2 heterocycles. The van der Waals surface area contributed by atoms with Gasteiger partial charge >= 0.3 is 0 Å². The maximum atomic E-state index is 5.54. The van der Waals surface area contributed by atoms with Crippen molar-refractivity contribution in [1.29, 1.82) is 0 Å². The van der Waals surface area contributed by atoms with E-state index in [1.165, 1.54) is 5.56 Å². The van der Waals surface area contributed by atoms with Crippen LogP contribution in [0.2, 0.25) is 0 Å². The van der Waals surface area contributed by atoms with Gasteiger partial charge in [-0.2, -0.15) is 4.98 Å². The molecule has 0 bridgehead atoms. The van der Waals surface area contributed by atoms with E-state index in [0.717, 1.165) is 39.1 Å². The highest BCUT2D eigenvalue weighted by Gasteiger charge is 2.19. The summed E-state index contributed by atoms with van der Waals surface area (Å²) in [5, 5.41) is 4.03. The molecular formula is C17H25ClN4O2. The molecule has 0 radical (unpaired) electrons. The van der Waals surface area contributed by atoms with Gasteiger partial charge in [-0.25, -0.2) is 0 Å². The number of halogens is 1. The predicted molar refractivity (Wildman–Crippen MR) is 93.5 cm³/mol. The molecule has 1 aromatic carbocycles. The summed E-state index contributed by atoms with van der Waals surface area (Å²) in [5.74, 6) is 1.85. The molecule has 1 aromatic heterocycles. The van der Waals surface area contributed by atoms with Crippen molar-refractivity contribution in [3.05, 3.63) is 47.6 Å². The molecule has 1 fully saturated rings. The van der Waals surface area contributed by atoms with Crippen LogP contribution in [-0.2, 0) is 24.4 Å². The highest BCUT2D eigenvalue weighted by atomic mass is 35.5. The largest absolute Gasteiger partial charge is 0.381 e. The Kier molecular flexibility index (Phi) is 7.65. The summed E-state index contributed by atoms with van der Waals surface area (Å²) in [6, 6.07) is 10.5. The van der Waals surface area contributed by atoms with Gasteiger partial charge in [-0.3, -0.25) is 4.90 Å². The first-order valence-corrected chi connectivity index (χ1v) is 8.19. The van der Waals surface area contributed by atoms with Gasteiger partial charge in [0.2, 0.25) is 5.89 Å². The zero-order chi connectivity index (χ0) is 15.9. The Bertz CT molecular complexity index is 587. The van der Waals surface area contributed by atoms with Gasteiger partial charge in [-0.05, 0) is 24.3 Å². The van der Waals surface area contributed by atoms with E-state index in [9.17, 15) is 0 Å². The minimum absolute atomic E-state index is 0. The summed E-state index contributed by atoms with van der Waals surface area (Å²) in [7, 11) is 0. The number of rotatable bonds is 7. The number of aromatic nitrogens is 2. The molecule has 1 aliphatic rings. The van der Waals surface area contributed by atoms with Crippen LogP contribution >= 0.6 is 12.4 Å². The van der Waals surface area contributed by atoms with Gasteiger partial charge in [-0.1, -0.05) is 35.5 Å². The summed E-state index contributed by atoms with van der Waals surface area (Å²) < 4.78 is 10.6. The number of ether oxygens (including phenoxy) is 1. The van der Waals surface area contributed by atoms with Crippen LogP contribution in [0, 0.1) is 5.92 Å². The topological polar surface area (TPSA) is 77.4 Å². The molecule has 0 saturated carbocycles. The third-order valence-corrected chi connectivity index (χ3v) is 4.16. The van der Waals surface area contributed by atoms with Crippen molar-refractivity contribution >= 4 is 12.4 Å². The Morgan fingerprint density at radius 1 is 1.12 bits per heavy atom. The van der Waals surface area contributed by atoms with E-state index in [4.69, 9.17) is 15.0 Å². The van der Waals surface area contributed by atoms with Crippen molar-refractivity contribution in [2.45, 2.75) is 32.5 Å². The van der Waals surface area contributed by atoms with Crippen LogP contribution in [0.1, 0.15) is 30.1 Å². The fourth-order valence-corrected chi connectivity index (χ4v) is 2.96. The highest BCUT2D eigenvalue weighted by molar-refractivity contribution is 5.85. The number of hydrogen-bond acceptors (Lipinski definition) is 6. The van der Waals surface area contributed by atoms with Crippen molar-refractivity contribution in [2.75, 3.05) is 19.8 Å². The van der Waals surface area contributed by atoms with E-state index in [0.29, 0.717) is 24.2 Å². The SMILES string of the molecule is Cl.NCc1nc(CN(Cc2ccccc2)CC2CCOCC2)no1. The minimum atomic E-state index is 0. The first-order valence-electron chi connectivity index (χ1n) is 8.19. The second-order valence-corrected chi connectivity index (χ2v) is 6.02. The van der Waals surface area contributed by atoms with Crippen molar-refractivity contribution < 1.29 is 9.26 Å². The monoisotopic (exact) mass is 352 g/mol. The summed E-state index contributed by atoms with van der Waals surface area (Å²) in [5.41, 5.74) is 6.84. The lowest BCUT2D eigenvalue weighted by Crippen LogP contribution is -2.32. The van der Waals surface area contributed by atoms with E-state index in [-0.39, 0.29) is 19.0 Å². The van der Waals surface area contributed by atoms with E-state index in [1.54, 1.807) is 0 Å². The summed E-state index contributed by atoms with van der Waals surface area (Å²) in [6.45, 7) is 4.59. The second-order valence-electron chi connectivity index (χ2n) is 6.02. The van der Waals surface area contributed by atoms with Crippen LogP contribution in [0.25, 0.3) is 0 Å². The quantitative estimate of drug-likeness (QED) is 0.824. The summed E-state index contributed by atoms with van der Waals surface area (Å²) in [6.07, 6.45) is 2.23. The molecule has 24 heavy (non-hydrogen) atoms. The standard InChI is InChI=1S/C17H24N4O2.ClH/c18-10-17-19-16(20-23-17)13-21(11-14-4-2-1-3-5-14)12-15-6-8-22-9-7-15;/h1-5,15H,6-13,18H2;1H. The third kappa shape index (κ3) is 5.56. The van der Waals surface area contributed by atoms with Gasteiger partial charge in [0.05, 0.1) is 13.1 Å². The molecule has 7 heteroatoms. The van der Waals surface area contributed by atoms with Gasteiger partial charge in [0.15, 0.2) is 5.82 Å². The van der Waals surface area contributed by atoms with Gasteiger partial charge in [0, 0.05) is 26.3 Å². The Morgan fingerprint density at radius 2 is 1.88 bits per heavy atom. The average Bonchev–Trinajstić information content (AvgIpc) is 3.04. The van der Waals surface area contributed by atoms with Crippen LogP contribution in [0.3, 0.4) is 0 Å². The van der Waals surface area contributed by atoms with E-state index >= 15 is 0 Å². The molecule has 0 atom stereocenters. The molecular weight excluding hydrogens is 328 g/mol. The Morgan fingerprint density at radius 3 is 2.54 bits per heavy atom. The lowest BCUT2D eigenvalue weighted by Gasteiger charge is -2.29. The van der Waals surface area contributed by atoms with Crippen molar-refractivity contribution in [2.24, 2.45) is 11.7 Å². The van der Waals surface area contributed by atoms with Crippen LogP contribution in [0.4, 0.5) is 0 Å². The maximum Gasteiger partial charge on any atom is 0.240 e. The Balaban J connectivity index is 0.00000208. The lowest BCUT2D eigenvalue weighted by molar-refractivity contribution is 0.0497. The maximum absolute atomic E-state index is 5.54. The molecule has 2 N–H and O–H groups in total. The predicted octanol–water partition coefficient (Wildman–Crippen LogP) is 2.38.